The van der Waals surface area contributed by atoms with Gasteiger partial charge in [0, 0.05) is 24.3 Å². The van der Waals surface area contributed by atoms with Gasteiger partial charge in [-0.25, -0.2) is 0 Å². The lowest BCUT2D eigenvalue weighted by atomic mass is 10.1. The van der Waals surface area contributed by atoms with Crippen molar-refractivity contribution in [2.45, 2.75) is 20.3 Å². The van der Waals surface area contributed by atoms with Gasteiger partial charge in [-0.3, -0.25) is 4.98 Å². The minimum atomic E-state index is 0.721. The van der Waals surface area contributed by atoms with E-state index in [9.17, 15) is 0 Å². The topological polar surface area (TPSA) is 50.7 Å². The zero-order chi connectivity index (χ0) is 11.4. The van der Waals surface area contributed by atoms with E-state index in [0.717, 1.165) is 29.6 Å². The lowest BCUT2D eigenvalue weighted by Gasteiger charge is -2.01. The average molecular weight is 234 g/mol. The van der Waals surface area contributed by atoms with Gasteiger partial charge < -0.3 is 5.32 Å². The molecular formula is C11H14N4S. The van der Waals surface area contributed by atoms with Crippen molar-refractivity contribution >= 4 is 16.7 Å². The summed E-state index contributed by atoms with van der Waals surface area (Å²) in [4.78, 5) is 8.76. The van der Waals surface area contributed by atoms with Crippen LogP contribution in [0.25, 0.3) is 11.5 Å². The minimum absolute atomic E-state index is 0.721. The van der Waals surface area contributed by atoms with E-state index in [1.165, 1.54) is 17.1 Å². The summed E-state index contributed by atoms with van der Waals surface area (Å²) in [5.74, 6) is 0.721. The Bertz CT molecular complexity index is 467. The van der Waals surface area contributed by atoms with Gasteiger partial charge in [0.15, 0.2) is 5.82 Å². The first-order valence-electron chi connectivity index (χ1n) is 5.37. The van der Waals surface area contributed by atoms with Crippen molar-refractivity contribution in [3.63, 3.8) is 0 Å². The number of hydrogen-bond donors (Lipinski definition) is 1. The third-order valence-corrected chi connectivity index (χ3v) is 2.91. The lowest BCUT2D eigenvalue weighted by molar-refractivity contribution is 1.09. The fourth-order valence-corrected chi connectivity index (χ4v) is 2.10. The summed E-state index contributed by atoms with van der Waals surface area (Å²) in [7, 11) is 0. The monoisotopic (exact) mass is 234 g/mol. The zero-order valence-corrected chi connectivity index (χ0v) is 10.2. The molecule has 0 fully saturated rings. The van der Waals surface area contributed by atoms with Crippen LogP contribution in [-0.4, -0.2) is 20.9 Å². The molecule has 0 aliphatic carbocycles. The molecule has 0 spiro atoms. The molecule has 0 aliphatic heterocycles. The number of aromatic nitrogens is 3. The van der Waals surface area contributed by atoms with Gasteiger partial charge in [-0.05, 0) is 25.0 Å². The Kier molecular flexibility index (Phi) is 3.46. The molecule has 2 aromatic rings. The highest BCUT2D eigenvalue weighted by Gasteiger charge is 2.10. The number of hydrogen-bond acceptors (Lipinski definition) is 5. The van der Waals surface area contributed by atoms with Gasteiger partial charge in [-0.2, -0.15) is 9.36 Å². The number of rotatable bonds is 4. The Morgan fingerprint density at radius 1 is 1.38 bits per heavy atom. The van der Waals surface area contributed by atoms with Gasteiger partial charge >= 0.3 is 0 Å². The highest BCUT2D eigenvalue weighted by atomic mass is 32.1. The van der Waals surface area contributed by atoms with E-state index in [1.807, 2.05) is 13.0 Å². The van der Waals surface area contributed by atoms with Gasteiger partial charge in [-0.15, -0.1) is 0 Å². The largest absolute Gasteiger partial charge is 0.361 e. The van der Waals surface area contributed by atoms with Gasteiger partial charge in [0.05, 0.1) is 0 Å². The average Bonchev–Trinajstić information content (AvgIpc) is 2.78. The maximum absolute atomic E-state index is 4.41. The SMILES string of the molecule is CCNc1nc(-c2ncccc2CC)ns1. The van der Waals surface area contributed by atoms with Crippen molar-refractivity contribution in [3.05, 3.63) is 23.9 Å². The maximum atomic E-state index is 4.41. The predicted octanol–water partition coefficient (Wildman–Crippen LogP) is 2.59. The van der Waals surface area contributed by atoms with Crippen LogP contribution >= 0.6 is 11.5 Å². The molecule has 0 bridgehead atoms. The highest BCUT2D eigenvalue weighted by molar-refractivity contribution is 7.09. The smallest absolute Gasteiger partial charge is 0.202 e. The van der Waals surface area contributed by atoms with E-state index in [1.54, 1.807) is 6.20 Å². The first-order chi connectivity index (χ1) is 7.85. The molecule has 0 radical (unpaired) electrons. The number of pyridine rings is 1. The molecule has 5 heteroatoms. The summed E-state index contributed by atoms with van der Waals surface area (Å²) in [6, 6.07) is 4.01. The number of nitrogens with zero attached hydrogens (tertiary/aromatic N) is 3. The van der Waals surface area contributed by atoms with Crippen molar-refractivity contribution in [3.8, 4) is 11.5 Å². The fourth-order valence-electron chi connectivity index (χ4n) is 1.47. The molecule has 84 valence electrons. The molecular weight excluding hydrogens is 220 g/mol. The Morgan fingerprint density at radius 2 is 2.25 bits per heavy atom. The van der Waals surface area contributed by atoms with Crippen LogP contribution < -0.4 is 5.32 Å². The summed E-state index contributed by atoms with van der Waals surface area (Å²) in [5, 5.41) is 4.00. The second-order valence-electron chi connectivity index (χ2n) is 3.32. The summed E-state index contributed by atoms with van der Waals surface area (Å²) >= 11 is 1.38. The standard InChI is InChI=1S/C11H14N4S/c1-3-8-6-5-7-13-9(8)10-14-11(12-4-2)16-15-10/h5-7H,3-4H2,1-2H3,(H,12,14,15). The van der Waals surface area contributed by atoms with Crippen molar-refractivity contribution in [2.75, 3.05) is 11.9 Å². The Hall–Kier alpha value is -1.49. The molecule has 4 nitrogen and oxygen atoms in total. The normalized spacial score (nSPS) is 10.4. The Labute approximate surface area is 98.9 Å². The van der Waals surface area contributed by atoms with E-state index >= 15 is 0 Å². The van der Waals surface area contributed by atoms with Crippen LogP contribution in [0.2, 0.25) is 0 Å². The van der Waals surface area contributed by atoms with E-state index < -0.39 is 0 Å². The Balaban J connectivity index is 2.34. The number of nitrogens with one attached hydrogen (secondary N) is 1. The zero-order valence-electron chi connectivity index (χ0n) is 9.40. The molecule has 0 aliphatic rings. The van der Waals surface area contributed by atoms with E-state index in [-0.39, 0.29) is 0 Å². The van der Waals surface area contributed by atoms with Crippen LogP contribution in [0.1, 0.15) is 19.4 Å². The third-order valence-electron chi connectivity index (χ3n) is 2.24. The van der Waals surface area contributed by atoms with Gasteiger partial charge in [0.1, 0.15) is 5.69 Å². The van der Waals surface area contributed by atoms with Crippen LogP contribution in [0.15, 0.2) is 18.3 Å². The lowest BCUT2D eigenvalue weighted by Crippen LogP contribution is -1.96. The van der Waals surface area contributed by atoms with Gasteiger partial charge in [0.2, 0.25) is 5.13 Å². The van der Waals surface area contributed by atoms with E-state index in [4.69, 9.17) is 0 Å². The van der Waals surface area contributed by atoms with Crippen molar-refractivity contribution in [2.24, 2.45) is 0 Å². The van der Waals surface area contributed by atoms with Crippen molar-refractivity contribution < 1.29 is 0 Å². The summed E-state index contributed by atoms with van der Waals surface area (Å²) < 4.78 is 4.32. The molecule has 0 saturated carbocycles. The van der Waals surface area contributed by atoms with E-state index in [0.29, 0.717) is 0 Å². The van der Waals surface area contributed by atoms with Crippen LogP contribution in [-0.2, 0) is 6.42 Å². The highest BCUT2D eigenvalue weighted by Crippen LogP contribution is 2.22. The number of aryl methyl sites for hydroxylation is 1. The van der Waals surface area contributed by atoms with Crippen LogP contribution in [0.3, 0.4) is 0 Å². The third kappa shape index (κ3) is 2.19. The summed E-state index contributed by atoms with van der Waals surface area (Å²) in [5.41, 5.74) is 2.08. The fraction of sp³-hybridized carbons (Fsp3) is 0.364. The summed E-state index contributed by atoms with van der Waals surface area (Å²) in [6.45, 7) is 5.01. The first-order valence-corrected chi connectivity index (χ1v) is 6.14. The molecule has 0 amide bonds. The van der Waals surface area contributed by atoms with Crippen molar-refractivity contribution in [1.29, 1.82) is 0 Å². The molecule has 0 saturated heterocycles. The molecule has 16 heavy (non-hydrogen) atoms. The molecule has 2 heterocycles. The summed E-state index contributed by atoms with van der Waals surface area (Å²) in [6.07, 6.45) is 2.72. The van der Waals surface area contributed by atoms with Crippen LogP contribution in [0.4, 0.5) is 5.13 Å². The molecule has 0 atom stereocenters. The molecule has 1 N–H and O–H groups in total. The van der Waals surface area contributed by atoms with Crippen LogP contribution in [0, 0.1) is 0 Å². The van der Waals surface area contributed by atoms with Crippen LogP contribution in [0.5, 0.6) is 0 Å². The Morgan fingerprint density at radius 3 is 3.00 bits per heavy atom. The minimum Gasteiger partial charge on any atom is -0.361 e. The second-order valence-corrected chi connectivity index (χ2v) is 4.07. The quantitative estimate of drug-likeness (QED) is 0.883. The second kappa shape index (κ2) is 5.03. The molecule has 0 aromatic carbocycles. The molecule has 0 unspecified atom stereocenters. The maximum Gasteiger partial charge on any atom is 0.202 e. The predicted molar refractivity (Wildman–Crippen MR) is 66.7 cm³/mol. The van der Waals surface area contributed by atoms with Crippen molar-refractivity contribution in [1.82, 2.24) is 14.3 Å². The van der Waals surface area contributed by atoms with Gasteiger partial charge in [-0.1, -0.05) is 13.0 Å². The van der Waals surface area contributed by atoms with Gasteiger partial charge in [0.25, 0.3) is 0 Å². The molecule has 2 aromatic heterocycles. The molecule has 2 rings (SSSR count). The van der Waals surface area contributed by atoms with E-state index in [2.05, 4.69) is 32.6 Å². The first kappa shape index (κ1) is 11.0. The number of anilines is 1.